The first-order valence-corrected chi connectivity index (χ1v) is 9.46. The van der Waals surface area contributed by atoms with Crippen LogP contribution < -0.4 is 5.32 Å². The van der Waals surface area contributed by atoms with E-state index >= 15 is 0 Å². The zero-order valence-electron chi connectivity index (χ0n) is 15.3. The summed E-state index contributed by atoms with van der Waals surface area (Å²) in [6.45, 7) is 5.45. The van der Waals surface area contributed by atoms with Crippen molar-refractivity contribution in [3.05, 3.63) is 36.5 Å². The van der Waals surface area contributed by atoms with E-state index in [1.54, 1.807) is 0 Å². The van der Waals surface area contributed by atoms with Crippen molar-refractivity contribution < 1.29 is 0 Å². The van der Waals surface area contributed by atoms with Crippen LogP contribution in [0.25, 0.3) is 27.9 Å². The van der Waals surface area contributed by atoms with Crippen molar-refractivity contribution in [2.24, 2.45) is 0 Å². The van der Waals surface area contributed by atoms with Gasteiger partial charge in [0, 0.05) is 24.3 Å². The van der Waals surface area contributed by atoms with Crippen LogP contribution in [-0.2, 0) is 0 Å². The summed E-state index contributed by atoms with van der Waals surface area (Å²) >= 11 is 0. The molecule has 0 saturated carbocycles. The molecule has 2 N–H and O–H groups in total. The fraction of sp³-hybridized carbons (Fsp3) is 0.368. The molecule has 0 spiro atoms. The molecule has 138 valence electrons. The summed E-state index contributed by atoms with van der Waals surface area (Å²) in [5.41, 5.74) is 3.95. The maximum atomic E-state index is 4.92. The molecule has 0 radical (unpaired) electrons. The number of likely N-dealkylation sites (tertiary alicyclic amines) is 1. The first kappa shape index (κ1) is 16.2. The number of hydrogen-bond acceptors (Lipinski definition) is 6. The van der Waals surface area contributed by atoms with Crippen LogP contribution in [0.5, 0.6) is 0 Å². The minimum atomic E-state index is 0.574. The van der Waals surface area contributed by atoms with Crippen molar-refractivity contribution in [2.45, 2.75) is 25.8 Å². The standard InChI is InChI=1S/C19H22N8/c1-2-26-9-3-5-14(26)12-20-19-17-6-4-10-27(17)16-8-7-13(11-15(16)21-19)18-22-24-25-23-18/h4,6-8,10-11,14H,2-3,5,9,12H2,1H3,(H,20,21)(H,22,23,24,25). The predicted molar refractivity (Wildman–Crippen MR) is 105 cm³/mol. The Morgan fingerprint density at radius 3 is 3.07 bits per heavy atom. The number of fused-ring (bicyclic) bond motifs is 3. The minimum absolute atomic E-state index is 0.574. The summed E-state index contributed by atoms with van der Waals surface area (Å²) in [4.78, 5) is 7.46. The highest BCUT2D eigenvalue weighted by Crippen LogP contribution is 2.26. The molecule has 5 rings (SSSR count). The molecule has 4 aromatic rings. The summed E-state index contributed by atoms with van der Waals surface area (Å²) in [6, 6.07) is 10.8. The van der Waals surface area contributed by atoms with Gasteiger partial charge in [0.05, 0.1) is 16.6 Å². The normalized spacial score (nSPS) is 17.9. The van der Waals surface area contributed by atoms with Crippen LogP contribution in [0.3, 0.4) is 0 Å². The van der Waals surface area contributed by atoms with Gasteiger partial charge in [-0.15, -0.1) is 10.2 Å². The van der Waals surface area contributed by atoms with Gasteiger partial charge in [-0.05, 0) is 61.5 Å². The minimum Gasteiger partial charge on any atom is -0.367 e. The summed E-state index contributed by atoms with van der Waals surface area (Å²) in [6.07, 6.45) is 4.60. The van der Waals surface area contributed by atoms with Crippen molar-refractivity contribution in [2.75, 3.05) is 25.0 Å². The molecule has 1 aromatic carbocycles. The first-order chi connectivity index (χ1) is 13.3. The molecule has 0 amide bonds. The average Bonchev–Trinajstić information content (AvgIpc) is 3.46. The zero-order chi connectivity index (χ0) is 18.2. The van der Waals surface area contributed by atoms with Crippen LogP contribution in [-0.4, -0.2) is 60.6 Å². The molecule has 0 aliphatic carbocycles. The van der Waals surface area contributed by atoms with Crippen molar-refractivity contribution in [3.63, 3.8) is 0 Å². The van der Waals surface area contributed by atoms with E-state index in [2.05, 4.69) is 66.6 Å². The molecule has 0 bridgehead atoms. The molecule has 1 fully saturated rings. The van der Waals surface area contributed by atoms with E-state index in [1.165, 1.54) is 19.4 Å². The molecule has 1 unspecified atom stereocenters. The second kappa shape index (κ2) is 6.62. The first-order valence-electron chi connectivity index (χ1n) is 9.46. The van der Waals surface area contributed by atoms with E-state index < -0.39 is 0 Å². The Bertz CT molecular complexity index is 1070. The van der Waals surface area contributed by atoms with E-state index in [4.69, 9.17) is 4.98 Å². The second-order valence-electron chi connectivity index (χ2n) is 6.97. The fourth-order valence-electron chi connectivity index (χ4n) is 4.09. The second-order valence-corrected chi connectivity index (χ2v) is 6.97. The largest absolute Gasteiger partial charge is 0.367 e. The van der Waals surface area contributed by atoms with Gasteiger partial charge in [0.25, 0.3) is 0 Å². The van der Waals surface area contributed by atoms with E-state index in [1.807, 2.05) is 12.1 Å². The Morgan fingerprint density at radius 1 is 1.26 bits per heavy atom. The molecule has 1 saturated heterocycles. The van der Waals surface area contributed by atoms with Gasteiger partial charge in [0.2, 0.25) is 5.82 Å². The van der Waals surface area contributed by atoms with Gasteiger partial charge in [-0.1, -0.05) is 6.92 Å². The monoisotopic (exact) mass is 362 g/mol. The van der Waals surface area contributed by atoms with Crippen LogP contribution in [0.1, 0.15) is 19.8 Å². The highest BCUT2D eigenvalue weighted by molar-refractivity contribution is 5.87. The Balaban J connectivity index is 1.53. The molecular weight excluding hydrogens is 340 g/mol. The molecular formula is C19H22N8. The Hall–Kier alpha value is -3.00. The third kappa shape index (κ3) is 2.82. The van der Waals surface area contributed by atoms with E-state index in [9.17, 15) is 0 Å². The maximum absolute atomic E-state index is 4.92. The maximum Gasteiger partial charge on any atom is 0.204 e. The van der Waals surface area contributed by atoms with Gasteiger partial charge in [-0.2, -0.15) is 5.21 Å². The number of hydrogen-bond donors (Lipinski definition) is 2. The number of H-pyrrole nitrogens is 1. The van der Waals surface area contributed by atoms with E-state index in [0.717, 1.165) is 41.0 Å². The number of rotatable bonds is 5. The molecule has 1 aliphatic rings. The topological polar surface area (TPSA) is 87.0 Å². The number of aromatic nitrogens is 6. The van der Waals surface area contributed by atoms with Crippen molar-refractivity contribution in [3.8, 4) is 11.4 Å². The lowest BCUT2D eigenvalue weighted by molar-refractivity contribution is 0.277. The van der Waals surface area contributed by atoms with E-state index in [-0.39, 0.29) is 0 Å². The lowest BCUT2D eigenvalue weighted by Crippen LogP contribution is -2.34. The Morgan fingerprint density at radius 2 is 2.22 bits per heavy atom. The van der Waals surface area contributed by atoms with Crippen LogP contribution in [0, 0.1) is 0 Å². The number of tetrazole rings is 1. The summed E-state index contributed by atoms with van der Waals surface area (Å²) < 4.78 is 2.18. The van der Waals surface area contributed by atoms with Crippen LogP contribution in [0.15, 0.2) is 36.5 Å². The fourth-order valence-corrected chi connectivity index (χ4v) is 4.09. The van der Waals surface area contributed by atoms with E-state index in [0.29, 0.717) is 11.9 Å². The molecule has 8 heteroatoms. The van der Waals surface area contributed by atoms with Gasteiger partial charge in [-0.25, -0.2) is 4.98 Å². The molecule has 4 heterocycles. The zero-order valence-corrected chi connectivity index (χ0v) is 15.3. The Labute approximate surface area is 156 Å². The average molecular weight is 362 g/mol. The summed E-state index contributed by atoms with van der Waals surface area (Å²) in [5.74, 6) is 1.49. The third-order valence-corrected chi connectivity index (χ3v) is 5.47. The smallest absolute Gasteiger partial charge is 0.204 e. The van der Waals surface area contributed by atoms with Crippen LogP contribution in [0.4, 0.5) is 5.82 Å². The van der Waals surface area contributed by atoms with Gasteiger partial charge in [0.15, 0.2) is 5.82 Å². The van der Waals surface area contributed by atoms with Gasteiger partial charge >= 0.3 is 0 Å². The number of aromatic amines is 1. The number of nitrogens with zero attached hydrogens (tertiary/aromatic N) is 6. The van der Waals surface area contributed by atoms with Crippen molar-refractivity contribution in [1.82, 2.24) is 34.9 Å². The molecule has 1 atom stereocenters. The highest BCUT2D eigenvalue weighted by Gasteiger charge is 2.23. The lowest BCUT2D eigenvalue weighted by atomic mass is 10.2. The predicted octanol–water partition coefficient (Wildman–Crippen LogP) is 2.56. The lowest BCUT2D eigenvalue weighted by Gasteiger charge is -2.23. The Kier molecular flexibility index (Phi) is 3.97. The molecule has 1 aliphatic heterocycles. The quantitative estimate of drug-likeness (QED) is 0.567. The number of nitrogens with one attached hydrogen (secondary N) is 2. The third-order valence-electron chi connectivity index (χ3n) is 5.47. The van der Waals surface area contributed by atoms with Crippen molar-refractivity contribution >= 4 is 22.4 Å². The summed E-state index contributed by atoms with van der Waals surface area (Å²) in [7, 11) is 0. The molecule has 27 heavy (non-hydrogen) atoms. The van der Waals surface area contributed by atoms with Crippen molar-refractivity contribution in [1.29, 1.82) is 0 Å². The SMILES string of the molecule is CCN1CCCC1CNc1nc2cc(-c3nn[nH]n3)ccc2n2cccc12. The van der Waals surface area contributed by atoms with Crippen LogP contribution >= 0.6 is 0 Å². The van der Waals surface area contributed by atoms with Gasteiger partial charge in [0.1, 0.15) is 0 Å². The van der Waals surface area contributed by atoms with Gasteiger partial charge < -0.3 is 9.72 Å². The highest BCUT2D eigenvalue weighted by atomic mass is 15.5. The van der Waals surface area contributed by atoms with Crippen LogP contribution in [0.2, 0.25) is 0 Å². The number of anilines is 1. The summed E-state index contributed by atoms with van der Waals surface area (Å²) in [5, 5.41) is 17.9. The molecule has 8 nitrogen and oxygen atoms in total. The number of benzene rings is 1. The van der Waals surface area contributed by atoms with Gasteiger partial charge in [-0.3, -0.25) is 4.90 Å². The molecule has 3 aromatic heterocycles. The number of likely N-dealkylation sites (N-methyl/N-ethyl adjacent to an activating group) is 1.